The van der Waals surface area contributed by atoms with Gasteiger partial charge in [-0.25, -0.2) is 27.5 Å². The van der Waals surface area contributed by atoms with E-state index in [1.807, 2.05) is 0 Å². The molecule has 0 aliphatic heterocycles. The molecule has 4 aromatic rings. The maximum Gasteiger partial charge on any atom is 0.256 e. The Kier molecular flexibility index (Phi) is 4.83. The third-order valence-corrected chi connectivity index (χ3v) is 4.80. The number of halogens is 4. The molecule has 146 valence electrons. The van der Waals surface area contributed by atoms with Crippen molar-refractivity contribution in [1.82, 2.24) is 14.5 Å². The van der Waals surface area contributed by atoms with Gasteiger partial charge >= 0.3 is 0 Å². The molecule has 4 nitrogen and oxygen atoms in total. The Morgan fingerprint density at radius 1 is 0.862 bits per heavy atom. The van der Waals surface area contributed by atoms with Crippen LogP contribution in [0.5, 0.6) is 0 Å². The fourth-order valence-corrected chi connectivity index (χ4v) is 3.33. The second-order valence-electron chi connectivity index (χ2n) is 6.02. The molecule has 0 bridgehead atoms. The highest BCUT2D eigenvalue weighted by molar-refractivity contribution is 7.98. The minimum absolute atomic E-state index is 0.00104. The van der Waals surface area contributed by atoms with Crippen LogP contribution in [-0.4, -0.2) is 20.8 Å². The number of benzene rings is 2. The van der Waals surface area contributed by atoms with Gasteiger partial charge in [0.1, 0.15) is 23.3 Å². The second kappa shape index (κ2) is 7.32. The number of fused-ring (bicyclic) bond motifs is 1. The molecule has 2 heterocycles. The van der Waals surface area contributed by atoms with E-state index in [0.29, 0.717) is 6.07 Å². The zero-order chi connectivity index (χ0) is 20.7. The summed E-state index contributed by atoms with van der Waals surface area (Å²) in [4.78, 5) is 21.1. The molecule has 0 saturated carbocycles. The van der Waals surface area contributed by atoms with Crippen molar-refractivity contribution in [2.75, 3.05) is 6.26 Å². The van der Waals surface area contributed by atoms with E-state index in [0.717, 1.165) is 46.7 Å². The molecular weight excluding hydrogens is 406 g/mol. The summed E-state index contributed by atoms with van der Waals surface area (Å²) in [5, 5.41) is 0.440. The van der Waals surface area contributed by atoms with Gasteiger partial charge in [-0.15, -0.1) is 0 Å². The van der Waals surface area contributed by atoms with E-state index in [2.05, 4.69) is 9.97 Å². The number of hydrogen-bond donors (Lipinski definition) is 0. The predicted octanol–water partition coefficient (Wildman–Crippen LogP) is 4.73. The first-order valence-electron chi connectivity index (χ1n) is 8.27. The molecule has 0 aliphatic carbocycles. The van der Waals surface area contributed by atoms with Crippen LogP contribution in [0.15, 0.2) is 58.5 Å². The largest absolute Gasteiger partial charge is 0.269 e. The minimum Gasteiger partial charge on any atom is -0.269 e. The summed E-state index contributed by atoms with van der Waals surface area (Å²) in [5.74, 6) is -3.35. The summed E-state index contributed by atoms with van der Waals surface area (Å²) in [5.41, 5.74) is -0.689. The number of aromatic nitrogens is 3. The van der Waals surface area contributed by atoms with Crippen LogP contribution in [-0.2, 0) is 0 Å². The fourth-order valence-electron chi connectivity index (χ4n) is 2.97. The molecule has 0 spiro atoms. The molecule has 0 amide bonds. The summed E-state index contributed by atoms with van der Waals surface area (Å²) in [6, 6.07) is 8.35. The lowest BCUT2D eigenvalue weighted by atomic mass is 10.1. The SMILES string of the molecule is CSc1nc(-c2ccc(F)cc2F)c2ccc(=O)n(-c3ccc(F)cc3F)c2n1. The van der Waals surface area contributed by atoms with Gasteiger partial charge in [-0.3, -0.25) is 9.36 Å². The van der Waals surface area contributed by atoms with Gasteiger partial charge < -0.3 is 0 Å². The molecule has 0 N–H and O–H groups in total. The van der Waals surface area contributed by atoms with E-state index in [4.69, 9.17) is 0 Å². The molecule has 2 aromatic heterocycles. The quantitative estimate of drug-likeness (QED) is 0.275. The standard InChI is InChI=1S/C20H11F4N3OS/c1-29-20-25-18(12-4-2-10(21)8-14(12)23)13-5-7-17(28)27(19(13)26-20)16-6-3-11(22)9-15(16)24/h2-9H,1H3. The molecule has 9 heteroatoms. The molecule has 2 aromatic carbocycles. The Labute approximate surface area is 165 Å². The highest BCUT2D eigenvalue weighted by Crippen LogP contribution is 2.31. The number of hydrogen-bond acceptors (Lipinski definition) is 4. The Hall–Kier alpha value is -3.20. The van der Waals surface area contributed by atoms with Crippen LogP contribution in [0.3, 0.4) is 0 Å². The van der Waals surface area contributed by atoms with E-state index < -0.39 is 28.8 Å². The van der Waals surface area contributed by atoms with Crippen LogP contribution in [0.1, 0.15) is 0 Å². The first-order valence-corrected chi connectivity index (χ1v) is 9.50. The third-order valence-electron chi connectivity index (χ3n) is 4.25. The van der Waals surface area contributed by atoms with Crippen LogP contribution >= 0.6 is 11.8 Å². The highest BCUT2D eigenvalue weighted by Gasteiger charge is 2.19. The lowest BCUT2D eigenvalue weighted by molar-refractivity contribution is 0.577. The lowest BCUT2D eigenvalue weighted by Gasteiger charge is -2.14. The first-order chi connectivity index (χ1) is 13.9. The molecule has 0 aliphatic rings. The van der Waals surface area contributed by atoms with Gasteiger partial charge in [0.05, 0.1) is 11.4 Å². The molecule has 0 saturated heterocycles. The predicted molar refractivity (Wildman–Crippen MR) is 102 cm³/mol. The topological polar surface area (TPSA) is 47.8 Å². The number of rotatable bonds is 3. The fraction of sp³-hybridized carbons (Fsp3) is 0.0500. The molecule has 0 unspecified atom stereocenters. The lowest BCUT2D eigenvalue weighted by Crippen LogP contribution is -2.20. The Morgan fingerprint density at radius 2 is 1.55 bits per heavy atom. The van der Waals surface area contributed by atoms with Gasteiger partial charge in [-0.05, 0) is 36.6 Å². The van der Waals surface area contributed by atoms with Crippen LogP contribution in [0.4, 0.5) is 17.6 Å². The van der Waals surface area contributed by atoms with Crippen molar-refractivity contribution >= 4 is 22.8 Å². The zero-order valence-corrected chi connectivity index (χ0v) is 15.6. The molecule has 0 radical (unpaired) electrons. The summed E-state index contributed by atoms with van der Waals surface area (Å²) in [7, 11) is 0. The number of thioether (sulfide) groups is 1. The second-order valence-corrected chi connectivity index (χ2v) is 6.80. The van der Waals surface area contributed by atoms with Crippen molar-refractivity contribution in [3.8, 4) is 16.9 Å². The van der Waals surface area contributed by atoms with Gasteiger partial charge in [-0.2, -0.15) is 0 Å². The molecule has 0 atom stereocenters. The average Bonchev–Trinajstić information content (AvgIpc) is 2.68. The van der Waals surface area contributed by atoms with Crippen molar-refractivity contribution in [2.24, 2.45) is 0 Å². The summed E-state index contributed by atoms with van der Waals surface area (Å²) in [6.07, 6.45) is 1.68. The Morgan fingerprint density at radius 3 is 2.21 bits per heavy atom. The maximum atomic E-state index is 14.4. The van der Waals surface area contributed by atoms with E-state index in [-0.39, 0.29) is 33.1 Å². The van der Waals surface area contributed by atoms with Crippen molar-refractivity contribution in [2.45, 2.75) is 5.16 Å². The van der Waals surface area contributed by atoms with Gasteiger partial charge in [0.25, 0.3) is 5.56 Å². The molecule has 4 rings (SSSR count). The van der Waals surface area contributed by atoms with Crippen LogP contribution in [0, 0.1) is 23.3 Å². The highest BCUT2D eigenvalue weighted by atomic mass is 32.2. The van der Waals surface area contributed by atoms with Crippen LogP contribution in [0.2, 0.25) is 0 Å². The first kappa shape index (κ1) is 19.1. The van der Waals surface area contributed by atoms with Gasteiger partial charge in [0, 0.05) is 29.1 Å². The van der Waals surface area contributed by atoms with Gasteiger partial charge in [0.2, 0.25) is 0 Å². The number of pyridine rings is 1. The average molecular weight is 417 g/mol. The molecular formula is C20H11F4N3OS. The number of nitrogens with zero attached hydrogens (tertiary/aromatic N) is 3. The smallest absolute Gasteiger partial charge is 0.256 e. The Bertz CT molecular complexity index is 1320. The van der Waals surface area contributed by atoms with Crippen LogP contribution in [0.25, 0.3) is 28.0 Å². The van der Waals surface area contributed by atoms with Crippen molar-refractivity contribution in [1.29, 1.82) is 0 Å². The summed E-state index contributed by atoms with van der Waals surface area (Å²) in [6.45, 7) is 0. The van der Waals surface area contributed by atoms with Crippen molar-refractivity contribution in [3.63, 3.8) is 0 Å². The van der Waals surface area contributed by atoms with Crippen LogP contribution < -0.4 is 5.56 Å². The van der Waals surface area contributed by atoms with Crippen molar-refractivity contribution < 1.29 is 17.6 Å². The summed E-state index contributed by atoms with van der Waals surface area (Å²) < 4.78 is 56.5. The van der Waals surface area contributed by atoms with Gasteiger partial charge in [0.15, 0.2) is 10.8 Å². The zero-order valence-electron chi connectivity index (χ0n) is 14.8. The molecule has 29 heavy (non-hydrogen) atoms. The maximum absolute atomic E-state index is 14.4. The summed E-state index contributed by atoms with van der Waals surface area (Å²) >= 11 is 1.13. The third kappa shape index (κ3) is 3.38. The van der Waals surface area contributed by atoms with Crippen molar-refractivity contribution in [3.05, 3.63) is 82.2 Å². The Balaban J connectivity index is 2.12. The normalized spacial score (nSPS) is 11.2. The monoisotopic (exact) mass is 417 g/mol. The van der Waals surface area contributed by atoms with E-state index >= 15 is 0 Å². The van der Waals surface area contributed by atoms with E-state index in [9.17, 15) is 22.4 Å². The van der Waals surface area contributed by atoms with Gasteiger partial charge in [-0.1, -0.05) is 11.8 Å². The van der Waals surface area contributed by atoms with E-state index in [1.165, 1.54) is 12.1 Å². The van der Waals surface area contributed by atoms with E-state index in [1.54, 1.807) is 6.26 Å². The molecule has 0 fully saturated rings. The minimum atomic E-state index is -0.960.